The second-order valence-electron chi connectivity index (χ2n) is 6.61. The van der Waals surface area contributed by atoms with Gasteiger partial charge in [-0.25, -0.2) is 19.9 Å². The number of nitrogens with zero attached hydrogens (tertiary/aromatic N) is 6. The summed E-state index contributed by atoms with van der Waals surface area (Å²) in [5.41, 5.74) is 1.84. The summed E-state index contributed by atoms with van der Waals surface area (Å²) in [5, 5.41) is 15.8. The standard InChI is InChI=1S/C20H18N8O/c1-2-18(29)26-14-3-4-16-17(7-14)24-12-25-19(16)28-6-5-15(11-28)27-20-22-9-13(8-21)10-23-20/h2-4,7,9-10,12,15H,1,5-6,11H2,(H,26,29)(H,22,23,27)/t15-/m1/s1. The number of nitriles is 1. The number of fused-ring (bicyclic) bond motifs is 1. The van der Waals surface area contributed by atoms with E-state index in [2.05, 4.69) is 42.0 Å². The summed E-state index contributed by atoms with van der Waals surface area (Å²) in [6.45, 7) is 5.03. The molecule has 1 amide bonds. The van der Waals surface area contributed by atoms with Crippen molar-refractivity contribution < 1.29 is 4.79 Å². The maximum atomic E-state index is 11.5. The van der Waals surface area contributed by atoms with Crippen LogP contribution in [0.4, 0.5) is 17.5 Å². The lowest BCUT2D eigenvalue weighted by Gasteiger charge is -2.19. The Balaban J connectivity index is 1.50. The highest BCUT2D eigenvalue weighted by Crippen LogP contribution is 2.28. The van der Waals surface area contributed by atoms with Crippen molar-refractivity contribution in [1.82, 2.24) is 19.9 Å². The number of amides is 1. The minimum Gasteiger partial charge on any atom is -0.354 e. The Bertz CT molecular complexity index is 1110. The summed E-state index contributed by atoms with van der Waals surface area (Å²) in [6, 6.07) is 7.73. The molecule has 144 valence electrons. The van der Waals surface area contributed by atoms with Gasteiger partial charge in [-0.05, 0) is 30.7 Å². The van der Waals surface area contributed by atoms with Crippen LogP contribution in [0.3, 0.4) is 0 Å². The van der Waals surface area contributed by atoms with E-state index in [1.807, 2.05) is 24.3 Å². The van der Waals surface area contributed by atoms with Crippen LogP contribution in [0.15, 0.2) is 49.6 Å². The van der Waals surface area contributed by atoms with E-state index in [-0.39, 0.29) is 11.9 Å². The molecule has 3 aromatic rings. The van der Waals surface area contributed by atoms with E-state index >= 15 is 0 Å². The number of anilines is 3. The minimum atomic E-state index is -0.267. The molecule has 0 saturated carbocycles. The summed E-state index contributed by atoms with van der Waals surface area (Å²) in [6.07, 6.45) is 6.67. The molecule has 1 fully saturated rings. The van der Waals surface area contributed by atoms with Crippen molar-refractivity contribution >= 4 is 34.3 Å². The first-order valence-corrected chi connectivity index (χ1v) is 9.08. The Labute approximate surface area is 167 Å². The summed E-state index contributed by atoms with van der Waals surface area (Å²) >= 11 is 0. The van der Waals surface area contributed by atoms with Crippen LogP contribution < -0.4 is 15.5 Å². The average Bonchev–Trinajstić information content (AvgIpc) is 3.22. The molecule has 0 spiro atoms. The molecular formula is C20H18N8O. The molecule has 29 heavy (non-hydrogen) atoms. The fraction of sp³-hybridized carbons (Fsp3) is 0.200. The molecule has 0 radical (unpaired) electrons. The van der Waals surface area contributed by atoms with Gasteiger partial charge in [-0.15, -0.1) is 0 Å². The zero-order valence-corrected chi connectivity index (χ0v) is 15.5. The lowest BCUT2D eigenvalue weighted by Crippen LogP contribution is -2.27. The highest BCUT2D eigenvalue weighted by molar-refractivity contribution is 6.01. The maximum absolute atomic E-state index is 11.5. The van der Waals surface area contributed by atoms with Crippen LogP contribution in [-0.4, -0.2) is 45.0 Å². The lowest BCUT2D eigenvalue weighted by atomic mass is 10.2. The number of hydrogen-bond acceptors (Lipinski definition) is 8. The van der Waals surface area contributed by atoms with Crippen LogP contribution in [0.2, 0.25) is 0 Å². The van der Waals surface area contributed by atoms with E-state index in [9.17, 15) is 4.79 Å². The number of nitrogens with one attached hydrogen (secondary N) is 2. The Morgan fingerprint density at radius 1 is 1.28 bits per heavy atom. The fourth-order valence-corrected chi connectivity index (χ4v) is 3.28. The molecule has 1 aromatic carbocycles. The van der Waals surface area contributed by atoms with Gasteiger partial charge in [0.05, 0.1) is 23.5 Å². The highest BCUT2D eigenvalue weighted by Gasteiger charge is 2.25. The summed E-state index contributed by atoms with van der Waals surface area (Å²) in [7, 11) is 0. The summed E-state index contributed by atoms with van der Waals surface area (Å²) in [5.74, 6) is 1.09. The van der Waals surface area contributed by atoms with E-state index in [1.165, 1.54) is 24.8 Å². The van der Waals surface area contributed by atoms with Crippen molar-refractivity contribution in [1.29, 1.82) is 5.26 Å². The normalized spacial score (nSPS) is 15.7. The van der Waals surface area contributed by atoms with Crippen LogP contribution in [0.25, 0.3) is 10.9 Å². The van der Waals surface area contributed by atoms with Gasteiger partial charge in [-0.2, -0.15) is 5.26 Å². The average molecular weight is 386 g/mol. The first-order chi connectivity index (χ1) is 14.2. The number of hydrogen-bond donors (Lipinski definition) is 2. The maximum Gasteiger partial charge on any atom is 0.247 e. The summed E-state index contributed by atoms with van der Waals surface area (Å²) in [4.78, 5) is 30.9. The number of aromatic nitrogens is 4. The first-order valence-electron chi connectivity index (χ1n) is 9.08. The van der Waals surface area contributed by atoms with Crippen molar-refractivity contribution in [2.45, 2.75) is 12.5 Å². The number of benzene rings is 1. The van der Waals surface area contributed by atoms with E-state index < -0.39 is 0 Å². The second-order valence-corrected chi connectivity index (χ2v) is 6.61. The second kappa shape index (κ2) is 7.90. The van der Waals surface area contributed by atoms with Gasteiger partial charge in [0.1, 0.15) is 18.2 Å². The third kappa shape index (κ3) is 3.96. The van der Waals surface area contributed by atoms with Gasteiger partial charge in [0, 0.05) is 30.2 Å². The Kier molecular flexibility index (Phi) is 4.99. The molecule has 1 atom stereocenters. The van der Waals surface area contributed by atoms with E-state index in [4.69, 9.17) is 5.26 Å². The molecule has 1 saturated heterocycles. The van der Waals surface area contributed by atoms with Crippen LogP contribution in [-0.2, 0) is 4.79 Å². The van der Waals surface area contributed by atoms with Gasteiger partial charge in [0.15, 0.2) is 0 Å². The molecule has 4 rings (SSSR count). The number of carbonyl (C=O) groups is 1. The molecule has 1 aliphatic rings. The third-order valence-electron chi connectivity index (χ3n) is 4.67. The van der Waals surface area contributed by atoms with Crippen LogP contribution in [0, 0.1) is 11.3 Å². The van der Waals surface area contributed by atoms with Crippen LogP contribution in [0.5, 0.6) is 0 Å². The van der Waals surface area contributed by atoms with Gasteiger partial charge >= 0.3 is 0 Å². The van der Waals surface area contributed by atoms with Crippen molar-refractivity contribution in [2.75, 3.05) is 28.6 Å². The molecule has 0 unspecified atom stereocenters. The van der Waals surface area contributed by atoms with Crippen molar-refractivity contribution in [3.8, 4) is 6.07 Å². The Morgan fingerprint density at radius 2 is 2.10 bits per heavy atom. The van der Waals surface area contributed by atoms with Gasteiger partial charge in [0.25, 0.3) is 0 Å². The molecule has 3 heterocycles. The van der Waals surface area contributed by atoms with Crippen molar-refractivity contribution in [3.05, 3.63) is 55.1 Å². The SMILES string of the molecule is C=CC(=O)Nc1ccc2c(N3CC[C@@H](Nc4ncc(C#N)cn4)C3)ncnc2c1. The summed E-state index contributed by atoms with van der Waals surface area (Å²) < 4.78 is 0. The predicted octanol–water partition coefficient (Wildman–Crippen LogP) is 2.11. The van der Waals surface area contributed by atoms with Gasteiger partial charge in [-0.3, -0.25) is 4.79 Å². The third-order valence-corrected chi connectivity index (χ3v) is 4.67. The fourth-order valence-electron chi connectivity index (χ4n) is 3.28. The topological polar surface area (TPSA) is 120 Å². The van der Waals surface area contributed by atoms with Gasteiger partial charge < -0.3 is 15.5 Å². The zero-order chi connectivity index (χ0) is 20.2. The Morgan fingerprint density at radius 3 is 2.86 bits per heavy atom. The number of rotatable bonds is 5. The monoisotopic (exact) mass is 386 g/mol. The molecular weight excluding hydrogens is 368 g/mol. The molecule has 2 aromatic heterocycles. The van der Waals surface area contributed by atoms with Crippen molar-refractivity contribution in [3.63, 3.8) is 0 Å². The van der Waals surface area contributed by atoms with Crippen molar-refractivity contribution in [2.24, 2.45) is 0 Å². The van der Waals surface area contributed by atoms with Gasteiger partial charge in [0.2, 0.25) is 11.9 Å². The van der Waals surface area contributed by atoms with E-state index in [1.54, 1.807) is 0 Å². The molecule has 0 bridgehead atoms. The molecule has 2 N–H and O–H groups in total. The number of carbonyl (C=O) groups excluding carboxylic acids is 1. The van der Waals surface area contributed by atoms with E-state index in [0.29, 0.717) is 17.2 Å². The smallest absolute Gasteiger partial charge is 0.247 e. The minimum absolute atomic E-state index is 0.166. The van der Waals surface area contributed by atoms with E-state index in [0.717, 1.165) is 36.2 Å². The van der Waals surface area contributed by atoms with Gasteiger partial charge in [-0.1, -0.05) is 6.58 Å². The molecule has 9 nitrogen and oxygen atoms in total. The van der Waals surface area contributed by atoms with Crippen LogP contribution in [0.1, 0.15) is 12.0 Å². The largest absolute Gasteiger partial charge is 0.354 e. The highest BCUT2D eigenvalue weighted by atomic mass is 16.1. The lowest BCUT2D eigenvalue weighted by molar-refractivity contribution is -0.111. The quantitative estimate of drug-likeness (QED) is 0.640. The first kappa shape index (κ1) is 18.3. The molecule has 0 aliphatic carbocycles. The molecule has 9 heteroatoms. The van der Waals surface area contributed by atoms with Crippen LogP contribution >= 0.6 is 0 Å². The predicted molar refractivity (Wildman–Crippen MR) is 109 cm³/mol. The Hall–Kier alpha value is -4.06. The molecule has 1 aliphatic heterocycles. The zero-order valence-electron chi connectivity index (χ0n) is 15.5.